The maximum Gasteiger partial charge on any atom is 0.608 e. The second kappa shape index (κ2) is 13.4. The van der Waals surface area contributed by atoms with Crippen LogP contribution in [0, 0.1) is 0 Å². The Hall–Kier alpha value is -7.40. The lowest BCUT2D eigenvalue weighted by atomic mass is 10.0. The van der Waals surface area contributed by atoms with Crippen molar-refractivity contribution in [2.75, 3.05) is 0 Å². The monoisotopic (exact) mass is 750 g/mol. The molecule has 0 saturated carbocycles. The standard InChI is InChI=1S/C50H33N5OP/c56-57-54(40-18-8-3-9-19-40)47-31-29-38(37-28-30-46-43(32-37)41-20-11-13-23-45(41)53(46)39-16-6-2-7-17-39)33-48(47)55(57)50-51-44-22-12-10-21-42(44)49(52-50)36-26-24-35(25-27-36)34-14-4-1-5-15-34/h1-33H/q+1. The number of nitrogens with zero attached hydrogens (tertiary/aromatic N) is 5. The molecule has 268 valence electrons. The van der Waals surface area contributed by atoms with Gasteiger partial charge in [-0.05, 0) is 87.5 Å². The van der Waals surface area contributed by atoms with Crippen molar-refractivity contribution < 1.29 is 4.57 Å². The van der Waals surface area contributed by atoms with Gasteiger partial charge in [-0.25, -0.2) is 9.97 Å². The summed E-state index contributed by atoms with van der Waals surface area (Å²) >= 11 is 0. The fourth-order valence-electron chi connectivity index (χ4n) is 8.15. The van der Waals surface area contributed by atoms with Gasteiger partial charge >= 0.3 is 7.73 Å². The second-order valence-electron chi connectivity index (χ2n) is 14.2. The van der Waals surface area contributed by atoms with Crippen LogP contribution in [0.25, 0.3) is 94.6 Å². The zero-order chi connectivity index (χ0) is 37.9. The normalized spacial score (nSPS) is 11.9. The third kappa shape index (κ3) is 5.49. The Morgan fingerprint density at radius 2 is 0.912 bits per heavy atom. The Balaban J connectivity index is 1.12. The van der Waals surface area contributed by atoms with E-state index in [2.05, 4.69) is 144 Å². The molecular weight excluding hydrogens is 718 g/mol. The van der Waals surface area contributed by atoms with Gasteiger partial charge in [-0.1, -0.05) is 144 Å². The molecule has 0 aliphatic heterocycles. The van der Waals surface area contributed by atoms with E-state index >= 15 is 0 Å². The first kappa shape index (κ1) is 33.0. The molecule has 11 rings (SSSR count). The average Bonchev–Trinajstić information content (AvgIpc) is 3.77. The van der Waals surface area contributed by atoms with E-state index in [1.807, 2.05) is 69.3 Å². The van der Waals surface area contributed by atoms with Crippen LogP contribution in [0.15, 0.2) is 200 Å². The molecule has 0 spiro atoms. The highest BCUT2D eigenvalue weighted by Crippen LogP contribution is 2.40. The largest absolute Gasteiger partial charge is 0.608 e. The van der Waals surface area contributed by atoms with Crippen molar-refractivity contribution in [3.8, 4) is 50.8 Å². The zero-order valence-corrected chi connectivity index (χ0v) is 31.5. The van der Waals surface area contributed by atoms with Crippen LogP contribution in [0.4, 0.5) is 0 Å². The lowest BCUT2D eigenvalue weighted by Gasteiger charge is -2.09. The van der Waals surface area contributed by atoms with Crippen LogP contribution in [-0.2, 0) is 4.57 Å². The number of rotatable bonds is 6. The van der Waals surface area contributed by atoms with Gasteiger partial charge in [0, 0.05) is 27.4 Å². The van der Waals surface area contributed by atoms with E-state index in [4.69, 9.17) is 9.97 Å². The van der Waals surface area contributed by atoms with E-state index in [1.165, 1.54) is 10.8 Å². The second-order valence-corrected chi connectivity index (χ2v) is 15.5. The number of benzene rings is 8. The molecule has 1 unspecified atom stereocenters. The first-order valence-corrected chi connectivity index (χ1v) is 20.1. The molecule has 7 heteroatoms. The molecule has 0 N–H and O–H groups in total. The van der Waals surface area contributed by atoms with Crippen molar-refractivity contribution in [1.29, 1.82) is 0 Å². The maximum absolute atomic E-state index is 15.0. The third-order valence-corrected chi connectivity index (χ3v) is 12.4. The molecule has 6 nitrogen and oxygen atoms in total. The summed E-state index contributed by atoms with van der Waals surface area (Å²) in [7, 11) is -2.21. The minimum Gasteiger partial charge on any atom is -0.309 e. The van der Waals surface area contributed by atoms with Crippen molar-refractivity contribution in [3.63, 3.8) is 0 Å². The van der Waals surface area contributed by atoms with E-state index < -0.39 is 7.73 Å². The van der Waals surface area contributed by atoms with Gasteiger partial charge in [0.1, 0.15) is 11.0 Å². The van der Waals surface area contributed by atoms with Gasteiger partial charge in [0.25, 0.3) is 5.95 Å². The van der Waals surface area contributed by atoms with Crippen molar-refractivity contribution in [2.24, 2.45) is 0 Å². The Morgan fingerprint density at radius 3 is 1.67 bits per heavy atom. The fraction of sp³-hybridized carbons (Fsp3) is 0. The van der Waals surface area contributed by atoms with E-state index in [0.717, 1.165) is 77.9 Å². The van der Waals surface area contributed by atoms with Crippen LogP contribution in [0.5, 0.6) is 0 Å². The lowest BCUT2D eigenvalue weighted by molar-refractivity contribution is 0.588. The SMILES string of the molecule is O=[p+]1n(-c2ccccc2)c2ccc(-c3ccc4c(c3)c3ccccc3n4-c3ccccc3)cc2n1-c1nc(-c2ccc(-c3ccccc3)cc2)c2ccccc2n1. The van der Waals surface area contributed by atoms with E-state index in [1.54, 1.807) is 0 Å². The molecule has 0 fully saturated rings. The van der Waals surface area contributed by atoms with Gasteiger partial charge in [0.05, 0.1) is 27.9 Å². The first-order valence-electron chi connectivity index (χ1n) is 19.0. The summed E-state index contributed by atoms with van der Waals surface area (Å²) in [4.78, 5) is 10.3. The summed E-state index contributed by atoms with van der Waals surface area (Å²) in [6.07, 6.45) is 0. The Morgan fingerprint density at radius 1 is 0.368 bits per heavy atom. The molecule has 0 amide bonds. The van der Waals surface area contributed by atoms with Crippen LogP contribution in [-0.4, -0.2) is 23.2 Å². The summed E-state index contributed by atoms with van der Waals surface area (Å²) in [6.45, 7) is 0. The van der Waals surface area contributed by atoms with Gasteiger partial charge < -0.3 is 4.57 Å². The average molecular weight is 751 g/mol. The predicted molar refractivity (Wildman–Crippen MR) is 234 cm³/mol. The summed E-state index contributed by atoms with van der Waals surface area (Å²) in [5.41, 5.74) is 12.7. The quantitative estimate of drug-likeness (QED) is 0.170. The Bertz CT molecular complexity index is 3350. The smallest absolute Gasteiger partial charge is 0.309 e. The van der Waals surface area contributed by atoms with Crippen molar-refractivity contribution in [1.82, 2.24) is 23.2 Å². The van der Waals surface area contributed by atoms with Crippen LogP contribution in [0.3, 0.4) is 0 Å². The van der Waals surface area contributed by atoms with Crippen LogP contribution < -0.4 is 0 Å². The number of hydrogen-bond acceptors (Lipinski definition) is 3. The van der Waals surface area contributed by atoms with Gasteiger partial charge in [0.15, 0.2) is 0 Å². The maximum atomic E-state index is 15.0. The molecule has 0 aliphatic rings. The van der Waals surface area contributed by atoms with Crippen molar-refractivity contribution >= 4 is 51.5 Å². The number of para-hydroxylation sites is 4. The van der Waals surface area contributed by atoms with Crippen molar-refractivity contribution in [3.05, 3.63) is 200 Å². The predicted octanol–water partition coefficient (Wildman–Crippen LogP) is 13.2. The van der Waals surface area contributed by atoms with Crippen molar-refractivity contribution in [2.45, 2.75) is 0 Å². The number of hydrogen-bond donors (Lipinski definition) is 0. The molecule has 57 heavy (non-hydrogen) atoms. The van der Waals surface area contributed by atoms with Crippen LogP contribution >= 0.6 is 7.73 Å². The molecule has 0 aliphatic carbocycles. The van der Waals surface area contributed by atoms with Gasteiger partial charge in [-0.15, -0.1) is 4.33 Å². The molecule has 0 bridgehead atoms. The summed E-state index contributed by atoms with van der Waals surface area (Å²) in [6, 6.07) is 68.8. The fourth-order valence-corrected chi connectivity index (χ4v) is 9.61. The first-order chi connectivity index (χ1) is 28.2. The Labute approximate surface area is 329 Å². The zero-order valence-electron chi connectivity index (χ0n) is 30.6. The Kier molecular flexibility index (Phi) is 7.76. The molecular formula is C50H33N5OP+. The van der Waals surface area contributed by atoms with E-state index in [0.29, 0.717) is 5.95 Å². The van der Waals surface area contributed by atoms with Gasteiger partial charge in [-0.2, -0.15) is 0 Å². The molecule has 0 saturated heterocycles. The minimum absolute atomic E-state index is 0.384. The van der Waals surface area contributed by atoms with Crippen LogP contribution in [0.2, 0.25) is 0 Å². The van der Waals surface area contributed by atoms with E-state index in [9.17, 15) is 4.57 Å². The molecule has 3 heterocycles. The van der Waals surface area contributed by atoms with E-state index in [-0.39, 0.29) is 0 Å². The molecule has 11 aromatic rings. The van der Waals surface area contributed by atoms with Crippen LogP contribution in [0.1, 0.15) is 0 Å². The molecule has 8 aromatic carbocycles. The van der Waals surface area contributed by atoms with Gasteiger partial charge in [0.2, 0.25) is 0 Å². The number of fused-ring (bicyclic) bond motifs is 5. The van der Waals surface area contributed by atoms with Gasteiger partial charge in [-0.3, -0.25) is 0 Å². The highest BCUT2D eigenvalue weighted by atomic mass is 31.1. The summed E-state index contributed by atoms with van der Waals surface area (Å²) in [5.74, 6) is 0.384. The topological polar surface area (TPSA) is 57.6 Å². The third-order valence-electron chi connectivity index (χ3n) is 10.8. The number of aromatic nitrogens is 5. The highest BCUT2D eigenvalue weighted by Gasteiger charge is 2.29. The minimum atomic E-state index is -2.21. The summed E-state index contributed by atoms with van der Waals surface area (Å²) < 4.78 is 21.0. The lowest BCUT2D eigenvalue weighted by Crippen LogP contribution is -2.01. The highest BCUT2D eigenvalue weighted by molar-refractivity contribution is 7.30. The summed E-state index contributed by atoms with van der Waals surface area (Å²) in [5, 5.41) is 3.29. The molecule has 0 radical (unpaired) electrons. The molecule has 1 atom stereocenters. The molecule has 3 aromatic heterocycles.